The molecule has 2 aliphatic rings. The summed E-state index contributed by atoms with van der Waals surface area (Å²) >= 11 is 6.01. The average Bonchev–Trinajstić information content (AvgIpc) is 3.23. The van der Waals surface area contributed by atoms with Gasteiger partial charge in [-0.3, -0.25) is 9.59 Å². The molecule has 0 unspecified atom stereocenters. The van der Waals surface area contributed by atoms with Crippen LogP contribution in [0.4, 0.5) is 0 Å². The van der Waals surface area contributed by atoms with E-state index in [9.17, 15) is 14.7 Å². The zero-order valence-electron chi connectivity index (χ0n) is 15.6. The molecule has 5 nitrogen and oxygen atoms in total. The summed E-state index contributed by atoms with van der Waals surface area (Å²) in [6.45, 7) is 2.06. The van der Waals surface area contributed by atoms with Gasteiger partial charge in [0, 0.05) is 48.1 Å². The first-order chi connectivity index (χ1) is 13.5. The zero-order valence-corrected chi connectivity index (χ0v) is 16.3. The van der Waals surface area contributed by atoms with Gasteiger partial charge in [0.05, 0.1) is 13.0 Å². The Labute approximate surface area is 169 Å². The van der Waals surface area contributed by atoms with Crippen LogP contribution in [-0.2, 0) is 11.2 Å². The van der Waals surface area contributed by atoms with Gasteiger partial charge in [-0.15, -0.1) is 0 Å². The molecule has 0 aromatic heterocycles. The van der Waals surface area contributed by atoms with E-state index in [0.717, 1.165) is 5.56 Å². The fourth-order valence-corrected chi connectivity index (χ4v) is 4.66. The minimum atomic E-state index is -0.436. The molecule has 4 rings (SSSR count). The second-order valence-electron chi connectivity index (χ2n) is 7.85. The fourth-order valence-electron chi connectivity index (χ4n) is 4.45. The van der Waals surface area contributed by atoms with Crippen LogP contribution in [0.25, 0.3) is 0 Å². The van der Waals surface area contributed by atoms with Crippen LogP contribution >= 0.6 is 11.6 Å². The summed E-state index contributed by atoms with van der Waals surface area (Å²) in [5, 5.41) is 10.7. The van der Waals surface area contributed by atoms with Crippen molar-refractivity contribution in [3.8, 4) is 0 Å². The lowest BCUT2D eigenvalue weighted by Crippen LogP contribution is -2.40. The molecule has 1 N–H and O–H groups in total. The highest BCUT2D eigenvalue weighted by molar-refractivity contribution is 6.30. The van der Waals surface area contributed by atoms with E-state index in [4.69, 9.17) is 11.6 Å². The molecule has 2 aromatic carbocycles. The molecular formula is C22H23ClN2O3. The summed E-state index contributed by atoms with van der Waals surface area (Å²) in [7, 11) is 0. The molecular weight excluding hydrogens is 376 g/mol. The average molecular weight is 399 g/mol. The smallest absolute Gasteiger partial charge is 0.253 e. The van der Waals surface area contributed by atoms with Crippen molar-refractivity contribution < 1.29 is 14.7 Å². The van der Waals surface area contributed by atoms with Crippen molar-refractivity contribution in [3.63, 3.8) is 0 Å². The number of aliphatic hydroxyl groups excluding tert-OH is 1. The predicted molar refractivity (Wildman–Crippen MR) is 107 cm³/mol. The number of carbonyl (C=O) groups is 2. The minimum Gasteiger partial charge on any atom is -0.396 e. The highest BCUT2D eigenvalue weighted by atomic mass is 35.5. The second-order valence-corrected chi connectivity index (χ2v) is 8.29. The molecule has 2 atom stereocenters. The molecule has 0 spiro atoms. The summed E-state index contributed by atoms with van der Waals surface area (Å²) in [4.78, 5) is 29.2. The molecule has 0 radical (unpaired) electrons. The lowest BCUT2D eigenvalue weighted by molar-refractivity contribution is -0.130. The number of amides is 2. The molecule has 28 heavy (non-hydrogen) atoms. The normalized spacial score (nSPS) is 23.7. The van der Waals surface area contributed by atoms with Crippen LogP contribution in [0.2, 0.25) is 5.02 Å². The molecule has 0 saturated carbocycles. The third-order valence-corrected chi connectivity index (χ3v) is 6.21. The maximum Gasteiger partial charge on any atom is 0.253 e. The molecule has 0 bridgehead atoms. The number of hydrogen-bond acceptors (Lipinski definition) is 3. The van der Waals surface area contributed by atoms with Crippen molar-refractivity contribution in [3.05, 3.63) is 70.7 Å². The number of likely N-dealkylation sites (tertiary alicyclic amines) is 2. The van der Waals surface area contributed by atoms with Crippen LogP contribution in [0.15, 0.2) is 54.6 Å². The monoisotopic (exact) mass is 398 g/mol. The lowest BCUT2D eigenvalue weighted by Gasteiger charge is -2.27. The van der Waals surface area contributed by atoms with Crippen LogP contribution in [-0.4, -0.2) is 59.5 Å². The van der Waals surface area contributed by atoms with E-state index in [1.165, 1.54) is 0 Å². The Morgan fingerprint density at radius 3 is 2.43 bits per heavy atom. The van der Waals surface area contributed by atoms with Gasteiger partial charge in [-0.2, -0.15) is 0 Å². The van der Waals surface area contributed by atoms with Crippen molar-refractivity contribution in [1.29, 1.82) is 0 Å². The Morgan fingerprint density at radius 1 is 1.04 bits per heavy atom. The number of carbonyl (C=O) groups excluding carboxylic acids is 2. The first-order valence-electron chi connectivity index (χ1n) is 9.48. The fraction of sp³-hybridized carbons (Fsp3) is 0.364. The van der Waals surface area contributed by atoms with E-state index in [2.05, 4.69) is 0 Å². The van der Waals surface area contributed by atoms with Crippen molar-refractivity contribution in [1.82, 2.24) is 9.80 Å². The van der Waals surface area contributed by atoms with E-state index >= 15 is 0 Å². The number of hydrogen-bond donors (Lipinski definition) is 1. The quantitative estimate of drug-likeness (QED) is 0.860. The summed E-state index contributed by atoms with van der Waals surface area (Å²) in [6, 6.07) is 16.5. The largest absolute Gasteiger partial charge is 0.396 e. The molecule has 2 aromatic rings. The zero-order chi connectivity index (χ0) is 19.7. The van der Waals surface area contributed by atoms with Crippen LogP contribution in [0.3, 0.4) is 0 Å². The van der Waals surface area contributed by atoms with Crippen LogP contribution < -0.4 is 0 Å². The van der Waals surface area contributed by atoms with Gasteiger partial charge in [0.2, 0.25) is 5.91 Å². The van der Waals surface area contributed by atoms with Crippen LogP contribution in [0.5, 0.6) is 0 Å². The van der Waals surface area contributed by atoms with Crippen molar-refractivity contribution in [2.45, 2.75) is 6.42 Å². The van der Waals surface area contributed by atoms with E-state index in [1.54, 1.807) is 12.1 Å². The molecule has 6 heteroatoms. The second kappa shape index (κ2) is 7.57. The molecule has 2 saturated heterocycles. The lowest BCUT2D eigenvalue weighted by atomic mass is 9.82. The molecule has 2 fully saturated rings. The number of benzene rings is 2. The van der Waals surface area contributed by atoms with Gasteiger partial charge >= 0.3 is 0 Å². The van der Waals surface area contributed by atoms with Gasteiger partial charge in [0.25, 0.3) is 5.91 Å². The minimum absolute atomic E-state index is 0.0142. The van der Waals surface area contributed by atoms with Gasteiger partial charge in [0.1, 0.15) is 0 Å². The Bertz CT molecular complexity index is 888. The number of halogens is 1. The molecule has 146 valence electrons. The van der Waals surface area contributed by atoms with Gasteiger partial charge in [-0.05, 0) is 29.8 Å². The number of nitrogens with zero attached hydrogens (tertiary/aromatic N) is 2. The van der Waals surface area contributed by atoms with Gasteiger partial charge < -0.3 is 14.9 Å². The third-order valence-electron chi connectivity index (χ3n) is 5.98. The van der Waals surface area contributed by atoms with Gasteiger partial charge in [0.15, 0.2) is 0 Å². The van der Waals surface area contributed by atoms with Gasteiger partial charge in [-0.1, -0.05) is 41.9 Å². The Balaban J connectivity index is 1.44. The van der Waals surface area contributed by atoms with Crippen molar-refractivity contribution in [2.24, 2.45) is 11.3 Å². The van der Waals surface area contributed by atoms with Crippen molar-refractivity contribution in [2.75, 3.05) is 32.8 Å². The Kier molecular flexibility index (Phi) is 5.13. The summed E-state index contributed by atoms with van der Waals surface area (Å²) in [6.07, 6.45) is 0.293. The van der Waals surface area contributed by atoms with E-state index < -0.39 is 5.41 Å². The standard InChI is InChI=1S/C22H23ClN2O3/c23-19-8-4-5-16(9-19)10-20(27)24-11-18-12-25(14-22(18,13-24)15-26)21(28)17-6-2-1-3-7-17/h1-9,18,26H,10-15H2/t18-,22+/m0/s1. The Morgan fingerprint density at radius 2 is 1.75 bits per heavy atom. The predicted octanol–water partition coefficient (Wildman–Crippen LogP) is 2.48. The highest BCUT2D eigenvalue weighted by Crippen LogP contribution is 2.42. The molecule has 2 aliphatic heterocycles. The third kappa shape index (κ3) is 3.52. The maximum absolute atomic E-state index is 12.8. The van der Waals surface area contributed by atoms with Crippen LogP contribution in [0.1, 0.15) is 15.9 Å². The first-order valence-corrected chi connectivity index (χ1v) is 9.86. The van der Waals surface area contributed by atoms with E-state index in [0.29, 0.717) is 43.2 Å². The number of aliphatic hydroxyl groups is 1. The number of rotatable bonds is 4. The summed E-state index contributed by atoms with van der Waals surface area (Å²) < 4.78 is 0. The van der Waals surface area contributed by atoms with Crippen LogP contribution in [0, 0.1) is 11.3 Å². The molecule has 2 heterocycles. The maximum atomic E-state index is 12.8. The topological polar surface area (TPSA) is 60.9 Å². The molecule has 2 amide bonds. The summed E-state index contributed by atoms with van der Waals surface area (Å²) in [5.41, 5.74) is 1.10. The SMILES string of the molecule is O=C(Cc1cccc(Cl)c1)N1C[C@H]2CN(C(=O)c3ccccc3)C[C@@]2(CO)C1. The Hall–Kier alpha value is -2.37. The van der Waals surface area contributed by atoms with E-state index in [1.807, 2.05) is 52.3 Å². The first kappa shape index (κ1) is 19.0. The molecule has 0 aliphatic carbocycles. The highest BCUT2D eigenvalue weighted by Gasteiger charge is 2.54. The summed E-state index contributed by atoms with van der Waals surface area (Å²) in [5.74, 6) is 0.110. The van der Waals surface area contributed by atoms with E-state index in [-0.39, 0.29) is 24.3 Å². The van der Waals surface area contributed by atoms with Gasteiger partial charge in [-0.25, -0.2) is 0 Å². The van der Waals surface area contributed by atoms with Crippen molar-refractivity contribution >= 4 is 23.4 Å². The number of fused-ring (bicyclic) bond motifs is 1.